The van der Waals surface area contributed by atoms with Crippen LogP contribution >= 0.6 is 11.6 Å². The predicted octanol–water partition coefficient (Wildman–Crippen LogP) is 2.33. The van der Waals surface area contributed by atoms with E-state index in [2.05, 4.69) is 29.2 Å². The van der Waals surface area contributed by atoms with Crippen LogP contribution in [0.5, 0.6) is 0 Å². The Kier molecular flexibility index (Phi) is 5.32. The van der Waals surface area contributed by atoms with E-state index < -0.39 is 0 Å². The molecule has 1 spiro atoms. The van der Waals surface area contributed by atoms with Crippen molar-refractivity contribution >= 4 is 29.4 Å². The molecule has 2 fully saturated rings. The topological polar surface area (TPSA) is 70.4 Å². The van der Waals surface area contributed by atoms with Gasteiger partial charge < -0.3 is 21.3 Å². The number of amides is 2. The van der Waals surface area contributed by atoms with Crippen LogP contribution in [0.15, 0.2) is 24.8 Å². The molecule has 0 unspecified atom stereocenters. The van der Waals surface area contributed by atoms with E-state index in [1.165, 1.54) is 0 Å². The van der Waals surface area contributed by atoms with Gasteiger partial charge in [0.25, 0.3) is 0 Å². The van der Waals surface area contributed by atoms with Crippen molar-refractivity contribution in [1.29, 1.82) is 0 Å². The molecule has 2 saturated heterocycles. The fourth-order valence-corrected chi connectivity index (χ4v) is 2.84. The molecule has 0 aromatic heterocycles. The van der Waals surface area contributed by atoms with Crippen LogP contribution in [0.3, 0.4) is 0 Å². The molecule has 0 radical (unpaired) electrons. The highest BCUT2D eigenvalue weighted by Crippen LogP contribution is 2.23. The molecule has 22 heavy (non-hydrogen) atoms. The minimum absolute atomic E-state index is 0.000414. The molecular formula is C16H23ClN4O. The first-order valence-electron chi connectivity index (χ1n) is 7.36. The Morgan fingerprint density at radius 2 is 2.09 bits per heavy atom. The van der Waals surface area contributed by atoms with Crippen molar-refractivity contribution in [2.75, 3.05) is 32.4 Å². The maximum absolute atomic E-state index is 11.0. The maximum atomic E-state index is 11.0. The highest BCUT2D eigenvalue weighted by molar-refractivity contribution is 6.30. The minimum Gasteiger partial charge on any atom is -0.398 e. The zero-order valence-corrected chi connectivity index (χ0v) is 13.6. The number of nitrogens with one attached hydrogen (secondary N) is 2. The predicted molar refractivity (Wildman–Crippen MR) is 92.0 cm³/mol. The minimum atomic E-state index is -0.000414. The summed E-state index contributed by atoms with van der Waals surface area (Å²) in [5, 5.41) is 6.50. The molecule has 6 heteroatoms. The van der Waals surface area contributed by atoms with Crippen LogP contribution in [0.4, 0.5) is 10.5 Å². The molecule has 5 nitrogen and oxygen atoms in total. The Bertz CT molecular complexity index is 553. The van der Waals surface area contributed by atoms with Crippen molar-refractivity contribution in [3.63, 3.8) is 0 Å². The number of carbonyl (C=O) groups is 1. The summed E-state index contributed by atoms with van der Waals surface area (Å²) < 4.78 is 0. The van der Waals surface area contributed by atoms with E-state index in [-0.39, 0.29) is 11.6 Å². The van der Waals surface area contributed by atoms with E-state index in [9.17, 15) is 4.79 Å². The first-order valence-corrected chi connectivity index (χ1v) is 7.74. The second kappa shape index (κ2) is 7.03. The number of likely N-dealkylation sites (tertiary alicyclic amines) is 1. The van der Waals surface area contributed by atoms with E-state index in [1.54, 1.807) is 18.2 Å². The molecular weight excluding hydrogens is 300 g/mol. The highest BCUT2D eigenvalue weighted by atomic mass is 35.5. The second-order valence-electron chi connectivity index (χ2n) is 5.87. The zero-order chi connectivity index (χ0) is 16.2. The molecule has 0 bridgehead atoms. The molecule has 120 valence electrons. The normalized spacial score (nSPS) is 19.8. The largest absolute Gasteiger partial charge is 0.398 e. The number of urea groups is 1. The number of rotatable bonds is 1. The number of nitrogens with zero attached hydrogens (tertiary/aromatic N) is 1. The summed E-state index contributed by atoms with van der Waals surface area (Å²) in [7, 11) is 2.12. The Hall–Kier alpha value is -1.72. The van der Waals surface area contributed by atoms with Gasteiger partial charge in [0.05, 0.1) is 5.54 Å². The molecule has 1 aromatic carbocycles. The Morgan fingerprint density at radius 1 is 1.41 bits per heavy atom. The molecule has 1 aromatic rings. The lowest BCUT2D eigenvalue weighted by Crippen LogP contribution is -2.51. The van der Waals surface area contributed by atoms with Gasteiger partial charge in [0.15, 0.2) is 0 Å². The molecule has 2 aliphatic rings. The van der Waals surface area contributed by atoms with Crippen LogP contribution in [0.25, 0.3) is 6.08 Å². The number of benzene rings is 1. The zero-order valence-electron chi connectivity index (χ0n) is 12.9. The fourth-order valence-electron chi connectivity index (χ4n) is 2.66. The number of halogens is 1. The molecule has 0 atom stereocenters. The summed E-state index contributed by atoms with van der Waals surface area (Å²) in [6.07, 6.45) is 3.84. The van der Waals surface area contributed by atoms with Crippen LogP contribution in [-0.4, -0.2) is 43.2 Å². The first kappa shape index (κ1) is 16.6. The van der Waals surface area contributed by atoms with Gasteiger partial charge in [0.1, 0.15) is 0 Å². The van der Waals surface area contributed by atoms with Gasteiger partial charge in [-0.25, -0.2) is 4.79 Å². The van der Waals surface area contributed by atoms with E-state index in [1.807, 2.05) is 6.07 Å². The molecule has 2 aliphatic heterocycles. The number of hydrogen-bond donors (Lipinski definition) is 3. The van der Waals surface area contributed by atoms with Crippen LogP contribution in [0.2, 0.25) is 5.02 Å². The van der Waals surface area contributed by atoms with Crippen molar-refractivity contribution in [3.05, 3.63) is 35.4 Å². The molecule has 0 aliphatic carbocycles. The third-order valence-corrected chi connectivity index (χ3v) is 4.41. The van der Waals surface area contributed by atoms with Crippen LogP contribution in [0, 0.1) is 0 Å². The fraction of sp³-hybridized carbons (Fsp3) is 0.438. The lowest BCUT2D eigenvalue weighted by Gasteiger charge is -2.36. The van der Waals surface area contributed by atoms with E-state index in [4.69, 9.17) is 17.3 Å². The molecule has 2 heterocycles. The van der Waals surface area contributed by atoms with Gasteiger partial charge in [0, 0.05) is 30.3 Å². The number of hydrogen-bond acceptors (Lipinski definition) is 3. The summed E-state index contributed by atoms with van der Waals surface area (Å²) in [4.78, 5) is 13.3. The van der Waals surface area contributed by atoms with Crippen LogP contribution in [-0.2, 0) is 0 Å². The number of piperidine rings is 1. The van der Waals surface area contributed by atoms with Crippen molar-refractivity contribution in [3.8, 4) is 0 Å². The van der Waals surface area contributed by atoms with Gasteiger partial charge in [-0.2, -0.15) is 0 Å². The van der Waals surface area contributed by atoms with Crippen molar-refractivity contribution < 1.29 is 4.79 Å². The van der Waals surface area contributed by atoms with Crippen LogP contribution in [0.1, 0.15) is 18.4 Å². The Balaban J connectivity index is 0.000000164. The van der Waals surface area contributed by atoms with Gasteiger partial charge in [-0.05, 0) is 37.6 Å². The summed E-state index contributed by atoms with van der Waals surface area (Å²) >= 11 is 5.66. The maximum Gasteiger partial charge on any atom is 0.315 e. The number of anilines is 1. The average molecular weight is 323 g/mol. The summed E-state index contributed by atoms with van der Waals surface area (Å²) in [5.41, 5.74) is 7.24. The lowest BCUT2D eigenvalue weighted by molar-refractivity contribution is 0.182. The monoisotopic (exact) mass is 322 g/mol. The summed E-state index contributed by atoms with van der Waals surface area (Å²) in [6.45, 7) is 6.57. The number of nitrogens with two attached hydrogens (primary N) is 1. The van der Waals surface area contributed by atoms with Crippen LogP contribution < -0.4 is 16.4 Å². The Morgan fingerprint density at radius 3 is 2.59 bits per heavy atom. The van der Waals surface area contributed by atoms with E-state index >= 15 is 0 Å². The van der Waals surface area contributed by atoms with Gasteiger partial charge in [-0.3, -0.25) is 0 Å². The van der Waals surface area contributed by atoms with Crippen molar-refractivity contribution in [1.82, 2.24) is 15.5 Å². The number of carbonyl (C=O) groups excluding carboxylic acids is 1. The van der Waals surface area contributed by atoms with Gasteiger partial charge in [0.2, 0.25) is 0 Å². The third-order valence-electron chi connectivity index (χ3n) is 4.18. The number of nitrogen functional groups attached to an aromatic ring is 1. The quantitative estimate of drug-likeness (QED) is 0.695. The van der Waals surface area contributed by atoms with Crippen molar-refractivity contribution in [2.24, 2.45) is 0 Å². The van der Waals surface area contributed by atoms with Gasteiger partial charge >= 0.3 is 6.03 Å². The molecule has 0 saturated carbocycles. The SMILES string of the molecule is C=Cc1ccc(Cl)cc1N.CN1CCC2(CC1)CNC(=O)N2. The summed E-state index contributed by atoms with van der Waals surface area (Å²) in [6, 6.07) is 5.33. The van der Waals surface area contributed by atoms with Crippen molar-refractivity contribution in [2.45, 2.75) is 18.4 Å². The third kappa shape index (κ3) is 4.15. The smallest absolute Gasteiger partial charge is 0.315 e. The average Bonchev–Trinajstić information content (AvgIpc) is 2.85. The molecule has 4 N–H and O–H groups in total. The van der Waals surface area contributed by atoms with Gasteiger partial charge in [-0.15, -0.1) is 0 Å². The lowest BCUT2D eigenvalue weighted by atomic mass is 9.89. The standard InChI is InChI=1S/C8H8ClN.C8H15N3O/c1-2-6-3-4-7(9)5-8(6)10;1-11-4-2-8(3-5-11)6-9-7(12)10-8/h2-5H,1,10H2;2-6H2,1H3,(H2,9,10,12). The van der Waals surface area contributed by atoms with Gasteiger partial charge in [-0.1, -0.05) is 30.3 Å². The Labute approximate surface area is 136 Å². The molecule has 2 amide bonds. The second-order valence-corrected chi connectivity index (χ2v) is 6.31. The summed E-state index contributed by atoms with van der Waals surface area (Å²) in [5.74, 6) is 0. The van der Waals surface area contributed by atoms with E-state index in [0.29, 0.717) is 10.7 Å². The highest BCUT2D eigenvalue weighted by Gasteiger charge is 2.39. The molecule has 3 rings (SSSR count). The first-order chi connectivity index (χ1) is 10.4. The van der Waals surface area contributed by atoms with E-state index in [0.717, 1.165) is 38.0 Å².